The number of para-hydroxylation sites is 1. The van der Waals surface area contributed by atoms with E-state index in [0.29, 0.717) is 23.7 Å². The predicted molar refractivity (Wildman–Crippen MR) is 78.2 cm³/mol. The Morgan fingerprint density at radius 3 is 1.81 bits per heavy atom. The van der Waals surface area contributed by atoms with Crippen LogP contribution in [0.5, 0.6) is 0 Å². The molecule has 0 aromatic heterocycles. The molecule has 6 rings (SSSR count). The molecule has 4 aliphatic carbocycles. The molecular formula is C18H17NO2. The van der Waals surface area contributed by atoms with Gasteiger partial charge in [0, 0.05) is 0 Å². The number of fused-ring (bicyclic) bond motifs is 1. The smallest absolute Gasteiger partial charge is 0.237 e. The van der Waals surface area contributed by atoms with Crippen LogP contribution in [0, 0.1) is 35.5 Å². The lowest BCUT2D eigenvalue weighted by Gasteiger charge is -2.55. The van der Waals surface area contributed by atoms with E-state index in [2.05, 4.69) is 12.2 Å². The Morgan fingerprint density at radius 1 is 0.810 bits per heavy atom. The summed E-state index contributed by atoms with van der Waals surface area (Å²) in [5, 5.41) is 0. The number of anilines is 1. The number of amides is 2. The number of carbonyl (C=O) groups excluding carboxylic acids is 2. The van der Waals surface area contributed by atoms with Gasteiger partial charge in [0.1, 0.15) is 0 Å². The third kappa shape index (κ3) is 1.30. The summed E-state index contributed by atoms with van der Waals surface area (Å²) in [5.41, 5.74) is 0.738. The molecule has 2 amide bonds. The highest BCUT2D eigenvalue weighted by Gasteiger charge is 2.64. The Morgan fingerprint density at radius 2 is 1.33 bits per heavy atom. The Bertz CT molecular complexity index is 627. The van der Waals surface area contributed by atoms with E-state index < -0.39 is 0 Å². The lowest BCUT2D eigenvalue weighted by atomic mass is 9.47. The molecular weight excluding hydrogens is 262 g/mol. The van der Waals surface area contributed by atoms with E-state index in [4.69, 9.17) is 0 Å². The molecule has 1 heterocycles. The van der Waals surface area contributed by atoms with Gasteiger partial charge in [0.15, 0.2) is 0 Å². The molecule has 0 unspecified atom stereocenters. The minimum absolute atomic E-state index is 0.0460. The number of hydrogen-bond donors (Lipinski definition) is 0. The van der Waals surface area contributed by atoms with E-state index in [1.807, 2.05) is 30.3 Å². The van der Waals surface area contributed by atoms with E-state index in [9.17, 15) is 9.59 Å². The van der Waals surface area contributed by atoms with E-state index >= 15 is 0 Å². The highest BCUT2D eigenvalue weighted by Crippen LogP contribution is 2.61. The summed E-state index contributed by atoms with van der Waals surface area (Å²) in [6.07, 6.45) is 6.75. The van der Waals surface area contributed by atoms with E-state index in [0.717, 1.165) is 18.5 Å². The summed E-state index contributed by atoms with van der Waals surface area (Å²) in [7, 11) is 0. The van der Waals surface area contributed by atoms with Crippen LogP contribution >= 0.6 is 0 Å². The molecule has 3 nitrogen and oxygen atoms in total. The van der Waals surface area contributed by atoms with Crippen LogP contribution in [0.25, 0.3) is 0 Å². The van der Waals surface area contributed by atoms with Gasteiger partial charge in [-0.25, -0.2) is 0 Å². The van der Waals surface area contributed by atoms with Crippen molar-refractivity contribution >= 4 is 17.5 Å². The summed E-state index contributed by atoms with van der Waals surface area (Å²) in [6, 6.07) is 9.41. The average molecular weight is 279 g/mol. The number of hydrogen-bond acceptors (Lipinski definition) is 2. The van der Waals surface area contributed by atoms with Crippen molar-refractivity contribution in [3.63, 3.8) is 0 Å². The zero-order valence-corrected chi connectivity index (χ0v) is 11.7. The molecule has 2 bridgehead atoms. The summed E-state index contributed by atoms with van der Waals surface area (Å²) in [6.45, 7) is 0. The van der Waals surface area contributed by atoms with Crippen LogP contribution in [0.3, 0.4) is 0 Å². The molecule has 0 N–H and O–H groups in total. The molecule has 1 saturated heterocycles. The number of carbonyl (C=O) groups is 2. The van der Waals surface area contributed by atoms with Crippen molar-refractivity contribution in [1.82, 2.24) is 0 Å². The van der Waals surface area contributed by atoms with Crippen molar-refractivity contribution in [3.8, 4) is 0 Å². The van der Waals surface area contributed by atoms with Gasteiger partial charge in [-0.2, -0.15) is 0 Å². The van der Waals surface area contributed by atoms with Gasteiger partial charge >= 0.3 is 0 Å². The van der Waals surface area contributed by atoms with Crippen molar-refractivity contribution in [2.75, 3.05) is 4.90 Å². The average Bonchev–Trinajstić information content (AvgIpc) is 2.73. The Hall–Kier alpha value is -1.90. The van der Waals surface area contributed by atoms with E-state index in [1.165, 1.54) is 4.90 Å². The van der Waals surface area contributed by atoms with E-state index in [1.54, 1.807) is 0 Å². The van der Waals surface area contributed by atoms with Crippen LogP contribution in [-0.4, -0.2) is 11.8 Å². The first-order valence-electron chi connectivity index (χ1n) is 7.88. The number of imide groups is 1. The Kier molecular flexibility index (Phi) is 2.15. The molecule has 3 heteroatoms. The highest BCUT2D eigenvalue weighted by atomic mass is 16.2. The quantitative estimate of drug-likeness (QED) is 0.585. The zero-order valence-electron chi connectivity index (χ0n) is 11.7. The topological polar surface area (TPSA) is 37.4 Å². The molecule has 21 heavy (non-hydrogen) atoms. The fourth-order valence-corrected chi connectivity index (χ4v) is 5.28. The molecule has 1 aromatic carbocycles. The molecule has 1 aliphatic heterocycles. The second-order valence-electron chi connectivity index (χ2n) is 6.84. The number of nitrogens with zero attached hydrogens (tertiary/aromatic N) is 1. The summed E-state index contributed by atoms with van der Waals surface area (Å²) in [5.74, 6) is 1.84. The number of benzene rings is 1. The third-order valence-corrected chi connectivity index (χ3v) is 6.16. The van der Waals surface area contributed by atoms with Gasteiger partial charge in [0.05, 0.1) is 17.5 Å². The van der Waals surface area contributed by atoms with Crippen LogP contribution in [0.2, 0.25) is 0 Å². The van der Waals surface area contributed by atoms with Gasteiger partial charge in [-0.3, -0.25) is 14.5 Å². The van der Waals surface area contributed by atoms with Crippen molar-refractivity contribution in [2.45, 2.75) is 12.8 Å². The second-order valence-corrected chi connectivity index (χ2v) is 6.84. The molecule has 6 atom stereocenters. The monoisotopic (exact) mass is 279 g/mol. The van der Waals surface area contributed by atoms with Crippen molar-refractivity contribution in [1.29, 1.82) is 0 Å². The van der Waals surface area contributed by atoms with Gasteiger partial charge in [0.25, 0.3) is 0 Å². The molecule has 1 aromatic rings. The Labute approximate surface area is 123 Å². The SMILES string of the molecule is O=C1[C@@H]2[C@@H]3CC[C@H]([C@H]4C=C[C@@H]43)[C@@H]2C(=O)N1c1ccccc1. The largest absolute Gasteiger partial charge is 0.274 e. The summed E-state index contributed by atoms with van der Waals surface area (Å²) >= 11 is 0. The molecule has 0 spiro atoms. The maximum Gasteiger partial charge on any atom is 0.237 e. The lowest BCUT2D eigenvalue weighted by molar-refractivity contribution is -0.135. The molecule has 106 valence electrons. The lowest BCUT2D eigenvalue weighted by Crippen LogP contribution is -2.53. The van der Waals surface area contributed by atoms with Crippen LogP contribution in [-0.2, 0) is 9.59 Å². The first-order valence-corrected chi connectivity index (χ1v) is 7.88. The molecule has 3 saturated carbocycles. The maximum absolute atomic E-state index is 12.9. The maximum atomic E-state index is 12.9. The summed E-state index contributed by atoms with van der Waals surface area (Å²) < 4.78 is 0. The fraction of sp³-hybridized carbons (Fsp3) is 0.444. The fourth-order valence-electron chi connectivity index (χ4n) is 5.28. The summed E-state index contributed by atoms with van der Waals surface area (Å²) in [4.78, 5) is 27.3. The first-order chi connectivity index (χ1) is 10.3. The predicted octanol–water partition coefficient (Wildman–Crippen LogP) is 2.63. The van der Waals surface area contributed by atoms with Crippen LogP contribution in [0.1, 0.15) is 12.8 Å². The molecule has 5 aliphatic rings. The van der Waals surface area contributed by atoms with Gasteiger partial charge in [-0.15, -0.1) is 0 Å². The van der Waals surface area contributed by atoms with Crippen molar-refractivity contribution < 1.29 is 9.59 Å². The van der Waals surface area contributed by atoms with Gasteiger partial charge in [0.2, 0.25) is 11.8 Å². The van der Waals surface area contributed by atoms with Crippen LogP contribution in [0.15, 0.2) is 42.5 Å². The minimum Gasteiger partial charge on any atom is -0.274 e. The molecule has 4 fully saturated rings. The molecule has 0 radical (unpaired) electrons. The minimum atomic E-state index is -0.0670. The van der Waals surface area contributed by atoms with E-state index in [-0.39, 0.29) is 23.7 Å². The standard InChI is InChI=1S/C18H17NO2/c20-17-15-13-8-9-14(12-7-6-11(12)13)16(15)18(21)19(17)10-4-2-1-3-5-10/h1-7,11-16H,8-9H2/t11-,12-,13+,14+,15-,16+/m0/s1. The van der Waals surface area contributed by atoms with Crippen molar-refractivity contribution in [3.05, 3.63) is 42.5 Å². The first kappa shape index (κ1) is 11.7. The number of rotatable bonds is 1. The van der Waals surface area contributed by atoms with Crippen LogP contribution < -0.4 is 4.90 Å². The normalized spacial score (nSPS) is 42.8. The third-order valence-electron chi connectivity index (χ3n) is 6.16. The second kappa shape index (κ2) is 3.85. The highest BCUT2D eigenvalue weighted by molar-refractivity contribution is 6.22. The van der Waals surface area contributed by atoms with Gasteiger partial charge < -0.3 is 0 Å². The Balaban J connectivity index is 1.60. The van der Waals surface area contributed by atoms with Gasteiger partial charge in [-0.1, -0.05) is 30.4 Å². The van der Waals surface area contributed by atoms with Crippen molar-refractivity contribution in [2.24, 2.45) is 35.5 Å². The van der Waals surface area contributed by atoms with Crippen LogP contribution in [0.4, 0.5) is 5.69 Å². The zero-order chi connectivity index (χ0) is 14.1. The number of allylic oxidation sites excluding steroid dienone is 2. The van der Waals surface area contributed by atoms with Gasteiger partial charge in [-0.05, 0) is 48.6 Å².